The van der Waals surface area contributed by atoms with Crippen molar-refractivity contribution in [2.45, 2.75) is 51.0 Å². The third-order valence-corrected chi connectivity index (χ3v) is 6.44. The van der Waals surface area contributed by atoms with E-state index < -0.39 is 17.9 Å². The number of benzene rings is 2. The van der Waals surface area contributed by atoms with Crippen LogP contribution in [0.1, 0.15) is 55.9 Å². The van der Waals surface area contributed by atoms with E-state index in [9.17, 15) is 22.0 Å². The van der Waals surface area contributed by atoms with Gasteiger partial charge in [-0.15, -0.1) is 0 Å². The molecular formula is C26H27F5O2. The van der Waals surface area contributed by atoms with Gasteiger partial charge in [-0.1, -0.05) is 43.3 Å². The summed E-state index contributed by atoms with van der Waals surface area (Å²) >= 11 is 0. The van der Waals surface area contributed by atoms with Crippen LogP contribution in [-0.4, -0.2) is 19.4 Å². The lowest BCUT2D eigenvalue weighted by Gasteiger charge is -2.28. The fraction of sp³-hybridized carbons (Fsp3) is 0.462. The van der Waals surface area contributed by atoms with E-state index in [2.05, 4.69) is 6.92 Å². The van der Waals surface area contributed by atoms with Crippen LogP contribution in [0.4, 0.5) is 22.0 Å². The molecule has 2 fully saturated rings. The standard InChI is InChI=1S/C26H27F5O2/c1-16-14-32-25(33-15-16)20-8-2-17(3-9-20)21-10-11-22(23(27)12-21)18-4-6-19(7-5-18)24(28)13-26(29,30)31/h2-3,8-13,16,18-19,25H,4-7,14-15H2,1H3/b24-13-. The molecule has 0 N–H and O–H groups in total. The average molecular weight is 466 g/mol. The minimum atomic E-state index is -4.66. The number of alkyl halides is 3. The Morgan fingerprint density at radius 2 is 1.52 bits per heavy atom. The molecule has 1 saturated carbocycles. The predicted molar refractivity (Wildman–Crippen MR) is 116 cm³/mol. The van der Waals surface area contributed by atoms with Crippen LogP contribution in [0.25, 0.3) is 11.1 Å². The van der Waals surface area contributed by atoms with Gasteiger partial charge in [-0.05, 0) is 54.4 Å². The van der Waals surface area contributed by atoms with Gasteiger partial charge < -0.3 is 9.47 Å². The number of rotatable bonds is 4. The van der Waals surface area contributed by atoms with Crippen molar-refractivity contribution in [1.29, 1.82) is 0 Å². The second-order valence-corrected chi connectivity index (χ2v) is 9.08. The summed E-state index contributed by atoms with van der Waals surface area (Å²) in [6.45, 7) is 3.35. The molecular weight excluding hydrogens is 439 g/mol. The van der Waals surface area contributed by atoms with Crippen molar-refractivity contribution >= 4 is 0 Å². The van der Waals surface area contributed by atoms with Crippen LogP contribution in [0.15, 0.2) is 54.4 Å². The van der Waals surface area contributed by atoms with Crippen molar-refractivity contribution in [3.63, 3.8) is 0 Å². The number of halogens is 5. The monoisotopic (exact) mass is 466 g/mol. The minimum Gasteiger partial charge on any atom is -0.348 e. The van der Waals surface area contributed by atoms with Crippen molar-refractivity contribution in [3.05, 3.63) is 71.3 Å². The first-order chi connectivity index (χ1) is 15.7. The molecule has 1 aliphatic heterocycles. The molecule has 0 atom stereocenters. The Kier molecular flexibility index (Phi) is 7.19. The average Bonchev–Trinajstić information content (AvgIpc) is 2.79. The first-order valence-electron chi connectivity index (χ1n) is 11.3. The van der Waals surface area contributed by atoms with E-state index in [0.717, 1.165) is 16.7 Å². The number of hydrogen-bond acceptors (Lipinski definition) is 2. The van der Waals surface area contributed by atoms with Crippen molar-refractivity contribution in [3.8, 4) is 11.1 Å². The lowest BCUT2D eigenvalue weighted by atomic mass is 9.77. The molecule has 1 heterocycles. The summed E-state index contributed by atoms with van der Waals surface area (Å²) in [5, 5.41) is 0. The van der Waals surface area contributed by atoms with Crippen LogP contribution in [0.3, 0.4) is 0 Å². The fourth-order valence-electron chi connectivity index (χ4n) is 4.62. The van der Waals surface area contributed by atoms with Crippen LogP contribution in [0.5, 0.6) is 0 Å². The third kappa shape index (κ3) is 6.01. The topological polar surface area (TPSA) is 18.5 Å². The highest BCUT2D eigenvalue weighted by atomic mass is 19.4. The molecule has 0 unspecified atom stereocenters. The Bertz CT molecular complexity index is 967. The van der Waals surface area contributed by atoms with Gasteiger partial charge in [-0.25, -0.2) is 8.78 Å². The van der Waals surface area contributed by atoms with Gasteiger partial charge in [0, 0.05) is 17.4 Å². The molecule has 2 aromatic carbocycles. The summed E-state index contributed by atoms with van der Waals surface area (Å²) in [4.78, 5) is 0. The quantitative estimate of drug-likeness (QED) is 0.427. The number of allylic oxidation sites excluding steroid dienone is 2. The van der Waals surface area contributed by atoms with E-state index in [1.54, 1.807) is 6.07 Å². The van der Waals surface area contributed by atoms with E-state index in [1.165, 1.54) is 6.07 Å². The maximum atomic E-state index is 14.9. The molecule has 2 aromatic rings. The summed E-state index contributed by atoms with van der Waals surface area (Å²) < 4.78 is 77.3. The van der Waals surface area contributed by atoms with Gasteiger partial charge in [0.15, 0.2) is 6.29 Å². The van der Waals surface area contributed by atoms with Gasteiger partial charge >= 0.3 is 6.18 Å². The van der Waals surface area contributed by atoms with Crippen LogP contribution < -0.4 is 0 Å². The van der Waals surface area contributed by atoms with Crippen molar-refractivity contribution in [2.24, 2.45) is 11.8 Å². The summed E-state index contributed by atoms with van der Waals surface area (Å²) in [6, 6.07) is 12.7. The first kappa shape index (κ1) is 23.9. The van der Waals surface area contributed by atoms with Crippen LogP contribution in [0, 0.1) is 17.7 Å². The lowest BCUT2D eigenvalue weighted by molar-refractivity contribution is -0.202. The van der Waals surface area contributed by atoms with Gasteiger partial charge in [0.25, 0.3) is 0 Å². The Morgan fingerprint density at radius 1 is 0.909 bits per heavy atom. The maximum Gasteiger partial charge on any atom is 0.412 e. The Morgan fingerprint density at radius 3 is 2.09 bits per heavy atom. The highest BCUT2D eigenvalue weighted by Gasteiger charge is 2.31. The van der Waals surface area contributed by atoms with E-state index >= 15 is 0 Å². The second-order valence-electron chi connectivity index (χ2n) is 9.08. The SMILES string of the molecule is CC1COC(c2ccc(-c3ccc(C4CCC(/C(F)=C/C(F)(F)F)CC4)c(F)c3)cc2)OC1. The zero-order valence-corrected chi connectivity index (χ0v) is 18.4. The van der Waals surface area contributed by atoms with E-state index in [0.29, 0.717) is 37.5 Å². The fourth-order valence-corrected chi connectivity index (χ4v) is 4.62. The van der Waals surface area contributed by atoms with E-state index in [1.807, 2.05) is 30.3 Å². The smallest absolute Gasteiger partial charge is 0.348 e. The second kappa shape index (κ2) is 9.94. The van der Waals surface area contributed by atoms with Gasteiger partial charge in [0.05, 0.1) is 19.3 Å². The maximum absolute atomic E-state index is 14.9. The molecule has 7 heteroatoms. The highest BCUT2D eigenvalue weighted by molar-refractivity contribution is 5.64. The molecule has 0 spiro atoms. The normalized spacial score (nSPS) is 26.9. The van der Waals surface area contributed by atoms with Crippen LogP contribution >= 0.6 is 0 Å². The molecule has 1 aliphatic carbocycles. The van der Waals surface area contributed by atoms with Crippen LogP contribution in [-0.2, 0) is 9.47 Å². The lowest BCUT2D eigenvalue weighted by Crippen LogP contribution is -2.24. The molecule has 2 aliphatic rings. The largest absolute Gasteiger partial charge is 0.412 e. The molecule has 0 aromatic heterocycles. The summed E-state index contributed by atoms with van der Waals surface area (Å²) in [5.74, 6) is -1.98. The number of ether oxygens (including phenoxy) is 2. The Hall–Kier alpha value is -2.25. The molecule has 33 heavy (non-hydrogen) atoms. The molecule has 1 saturated heterocycles. The molecule has 0 bridgehead atoms. The van der Waals surface area contributed by atoms with Gasteiger partial charge in [0.2, 0.25) is 0 Å². The summed E-state index contributed by atoms with van der Waals surface area (Å²) in [7, 11) is 0. The molecule has 0 radical (unpaired) electrons. The molecule has 0 amide bonds. The zero-order valence-electron chi connectivity index (χ0n) is 18.4. The van der Waals surface area contributed by atoms with Crippen molar-refractivity contribution < 1.29 is 31.4 Å². The van der Waals surface area contributed by atoms with E-state index in [-0.39, 0.29) is 36.9 Å². The van der Waals surface area contributed by atoms with Gasteiger partial charge in [-0.3, -0.25) is 0 Å². The number of hydrogen-bond donors (Lipinski definition) is 0. The predicted octanol–water partition coefficient (Wildman–Crippen LogP) is 7.86. The highest BCUT2D eigenvalue weighted by Crippen LogP contribution is 2.41. The zero-order chi connectivity index (χ0) is 23.6. The van der Waals surface area contributed by atoms with Crippen LogP contribution in [0.2, 0.25) is 0 Å². The minimum absolute atomic E-state index is 0.126. The summed E-state index contributed by atoms with van der Waals surface area (Å²) in [6.07, 6.45) is -3.85. The van der Waals surface area contributed by atoms with Crippen molar-refractivity contribution in [1.82, 2.24) is 0 Å². The Balaban J connectivity index is 1.40. The third-order valence-electron chi connectivity index (χ3n) is 6.44. The molecule has 4 rings (SSSR count). The van der Waals surface area contributed by atoms with Crippen molar-refractivity contribution in [2.75, 3.05) is 13.2 Å². The molecule has 178 valence electrons. The van der Waals surface area contributed by atoms with Gasteiger partial charge in [0.1, 0.15) is 11.6 Å². The van der Waals surface area contributed by atoms with Gasteiger partial charge in [-0.2, -0.15) is 13.2 Å². The summed E-state index contributed by atoms with van der Waals surface area (Å²) in [5.41, 5.74) is 3.03. The molecule has 2 nitrogen and oxygen atoms in total. The van der Waals surface area contributed by atoms with E-state index in [4.69, 9.17) is 9.47 Å². The Labute approximate surface area is 190 Å². The first-order valence-corrected chi connectivity index (χ1v) is 11.3.